The van der Waals surface area contributed by atoms with Crippen LogP contribution >= 0.6 is 11.8 Å². The van der Waals surface area contributed by atoms with Crippen LogP contribution in [0.5, 0.6) is 0 Å². The molecule has 0 atom stereocenters. The number of aromatic amines is 1. The van der Waals surface area contributed by atoms with Gasteiger partial charge in [-0.1, -0.05) is 17.3 Å². The SMILES string of the molecule is O=C(O)CSCc1nc(Cc2nc3ccccc3[nH]2)no1. The summed E-state index contributed by atoms with van der Waals surface area (Å²) in [5, 5.41) is 12.4. The second-order valence-corrected chi connectivity index (χ2v) is 5.35. The van der Waals surface area contributed by atoms with Gasteiger partial charge in [0.05, 0.1) is 29.0 Å². The summed E-state index contributed by atoms with van der Waals surface area (Å²) in [6.45, 7) is 0. The molecule has 0 saturated carbocycles. The van der Waals surface area contributed by atoms with E-state index in [-0.39, 0.29) is 5.75 Å². The lowest BCUT2D eigenvalue weighted by Gasteiger charge is -1.91. The van der Waals surface area contributed by atoms with Gasteiger partial charge < -0.3 is 14.6 Å². The first-order valence-electron chi connectivity index (χ1n) is 6.25. The molecule has 3 aromatic rings. The number of aliphatic carboxylic acids is 1. The molecule has 0 aliphatic rings. The molecule has 0 radical (unpaired) electrons. The molecule has 0 amide bonds. The molecule has 2 aromatic heterocycles. The number of rotatable bonds is 6. The van der Waals surface area contributed by atoms with E-state index in [4.69, 9.17) is 9.63 Å². The fraction of sp³-hybridized carbons (Fsp3) is 0.231. The number of imidazole rings is 1. The van der Waals surface area contributed by atoms with Crippen molar-refractivity contribution in [2.24, 2.45) is 0 Å². The number of carbonyl (C=O) groups is 1. The van der Waals surface area contributed by atoms with Crippen LogP contribution in [0.1, 0.15) is 17.5 Å². The van der Waals surface area contributed by atoms with Crippen molar-refractivity contribution in [1.82, 2.24) is 20.1 Å². The van der Waals surface area contributed by atoms with Gasteiger partial charge in [-0.3, -0.25) is 4.79 Å². The highest BCUT2D eigenvalue weighted by Crippen LogP contribution is 2.14. The third kappa shape index (κ3) is 3.40. The molecule has 2 N–H and O–H groups in total. The van der Waals surface area contributed by atoms with E-state index in [1.165, 1.54) is 11.8 Å². The summed E-state index contributed by atoms with van der Waals surface area (Å²) in [7, 11) is 0. The Hall–Kier alpha value is -2.35. The fourth-order valence-corrected chi connectivity index (χ4v) is 2.45. The molecule has 21 heavy (non-hydrogen) atoms. The van der Waals surface area contributed by atoms with Crippen LogP contribution in [-0.4, -0.2) is 36.9 Å². The number of thioether (sulfide) groups is 1. The quantitative estimate of drug-likeness (QED) is 0.716. The molecule has 0 aliphatic carbocycles. The zero-order valence-corrected chi connectivity index (χ0v) is 11.8. The Morgan fingerprint density at radius 2 is 2.19 bits per heavy atom. The van der Waals surface area contributed by atoms with E-state index < -0.39 is 5.97 Å². The first-order valence-corrected chi connectivity index (χ1v) is 7.41. The van der Waals surface area contributed by atoms with Gasteiger partial charge in [-0.15, -0.1) is 11.8 Å². The minimum absolute atomic E-state index is 0.0152. The molecule has 0 unspecified atom stereocenters. The molecular weight excluding hydrogens is 292 g/mol. The maximum Gasteiger partial charge on any atom is 0.313 e. The number of nitrogens with one attached hydrogen (secondary N) is 1. The molecule has 0 spiro atoms. The second-order valence-electron chi connectivity index (χ2n) is 4.37. The van der Waals surface area contributed by atoms with Gasteiger partial charge in [-0.25, -0.2) is 4.98 Å². The average Bonchev–Trinajstić information content (AvgIpc) is 3.04. The minimum atomic E-state index is -0.859. The minimum Gasteiger partial charge on any atom is -0.481 e. The Labute approximate surface area is 123 Å². The maximum absolute atomic E-state index is 10.4. The third-order valence-electron chi connectivity index (χ3n) is 2.73. The molecule has 0 fully saturated rings. The number of aromatic nitrogens is 4. The molecule has 3 rings (SSSR count). The van der Waals surface area contributed by atoms with E-state index in [2.05, 4.69) is 20.1 Å². The number of nitrogens with zero attached hydrogens (tertiary/aromatic N) is 3. The summed E-state index contributed by atoms with van der Waals surface area (Å²) in [5.41, 5.74) is 1.86. The maximum atomic E-state index is 10.4. The number of carboxylic acid groups (broad SMARTS) is 1. The van der Waals surface area contributed by atoms with Gasteiger partial charge in [-0.2, -0.15) is 4.98 Å². The zero-order chi connectivity index (χ0) is 14.7. The van der Waals surface area contributed by atoms with Crippen molar-refractivity contribution in [2.75, 3.05) is 5.75 Å². The summed E-state index contributed by atoms with van der Waals surface area (Å²) < 4.78 is 5.08. The summed E-state index contributed by atoms with van der Waals surface area (Å²) >= 11 is 1.22. The summed E-state index contributed by atoms with van der Waals surface area (Å²) in [4.78, 5) is 22.3. The van der Waals surface area contributed by atoms with Crippen LogP contribution in [0.3, 0.4) is 0 Å². The number of hydrogen-bond donors (Lipinski definition) is 2. The van der Waals surface area contributed by atoms with Crippen LogP contribution in [0.25, 0.3) is 11.0 Å². The lowest BCUT2D eigenvalue weighted by Crippen LogP contribution is -1.98. The van der Waals surface area contributed by atoms with Gasteiger partial charge in [0.15, 0.2) is 5.82 Å². The van der Waals surface area contributed by atoms with E-state index in [0.717, 1.165) is 16.9 Å². The Bertz CT molecular complexity index is 734. The Balaban J connectivity index is 1.65. The van der Waals surface area contributed by atoms with Crippen molar-refractivity contribution in [3.05, 3.63) is 41.8 Å². The van der Waals surface area contributed by atoms with Crippen molar-refractivity contribution < 1.29 is 14.4 Å². The average molecular weight is 304 g/mol. The number of hydrogen-bond acceptors (Lipinski definition) is 6. The second kappa shape index (κ2) is 5.96. The van der Waals surface area contributed by atoms with Crippen molar-refractivity contribution >= 4 is 28.8 Å². The van der Waals surface area contributed by atoms with Crippen LogP contribution in [0.2, 0.25) is 0 Å². The molecule has 108 valence electrons. The van der Waals surface area contributed by atoms with Crippen molar-refractivity contribution in [1.29, 1.82) is 0 Å². The summed E-state index contributed by atoms with van der Waals surface area (Å²) in [6.07, 6.45) is 0.446. The van der Waals surface area contributed by atoms with Crippen LogP contribution < -0.4 is 0 Å². The van der Waals surface area contributed by atoms with E-state index >= 15 is 0 Å². The number of benzene rings is 1. The first kappa shape index (κ1) is 13.6. The molecule has 0 aliphatic heterocycles. The highest BCUT2D eigenvalue weighted by molar-refractivity contribution is 7.99. The summed E-state index contributed by atoms with van der Waals surface area (Å²) in [5.74, 6) is 1.26. The smallest absolute Gasteiger partial charge is 0.313 e. The molecule has 0 bridgehead atoms. The van der Waals surface area contributed by atoms with Gasteiger partial charge >= 0.3 is 5.97 Å². The predicted octanol–water partition coefficient (Wildman–Crippen LogP) is 1.85. The normalized spacial score (nSPS) is 11.0. The number of para-hydroxylation sites is 2. The van der Waals surface area contributed by atoms with Crippen molar-refractivity contribution in [3.63, 3.8) is 0 Å². The van der Waals surface area contributed by atoms with Crippen LogP contribution in [0, 0.1) is 0 Å². The lowest BCUT2D eigenvalue weighted by molar-refractivity contribution is -0.133. The third-order valence-corrected chi connectivity index (χ3v) is 3.63. The predicted molar refractivity (Wildman–Crippen MR) is 77.0 cm³/mol. The highest BCUT2D eigenvalue weighted by Gasteiger charge is 2.10. The van der Waals surface area contributed by atoms with Gasteiger partial charge in [0, 0.05) is 0 Å². The first-order chi connectivity index (χ1) is 10.2. The monoisotopic (exact) mass is 304 g/mol. The number of carboxylic acids is 1. The van der Waals surface area contributed by atoms with E-state index in [1.54, 1.807) is 0 Å². The molecule has 7 nitrogen and oxygen atoms in total. The Morgan fingerprint density at radius 3 is 3.00 bits per heavy atom. The molecule has 2 heterocycles. The van der Waals surface area contributed by atoms with E-state index in [1.807, 2.05) is 24.3 Å². The molecule has 1 aromatic carbocycles. The van der Waals surface area contributed by atoms with Crippen LogP contribution in [0.4, 0.5) is 0 Å². The van der Waals surface area contributed by atoms with Gasteiger partial charge in [0.1, 0.15) is 5.82 Å². The standard InChI is InChI=1S/C13H12N4O3S/c18-13(19)7-21-6-12-16-11(17-20-12)5-10-14-8-3-1-2-4-9(8)15-10/h1-4H,5-7H2,(H,14,15)(H,18,19). The number of fused-ring (bicyclic) bond motifs is 1. The van der Waals surface area contributed by atoms with Gasteiger partial charge in [0.2, 0.25) is 5.89 Å². The van der Waals surface area contributed by atoms with E-state index in [9.17, 15) is 4.79 Å². The highest BCUT2D eigenvalue weighted by atomic mass is 32.2. The van der Waals surface area contributed by atoms with Crippen molar-refractivity contribution in [3.8, 4) is 0 Å². The Morgan fingerprint density at radius 1 is 1.33 bits per heavy atom. The largest absolute Gasteiger partial charge is 0.481 e. The number of H-pyrrole nitrogens is 1. The zero-order valence-electron chi connectivity index (χ0n) is 10.9. The molecule has 0 saturated heterocycles. The topological polar surface area (TPSA) is 105 Å². The Kier molecular flexibility index (Phi) is 3.87. The van der Waals surface area contributed by atoms with Crippen molar-refractivity contribution in [2.45, 2.75) is 12.2 Å². The van der Waals surface area contributed by atoms with Gasteiger partial charge in [0.25, 0.3) is 0 Å². The lowest BCUT2D eigenvalue weighted by atomic mass is 10.3. The summed E-state index contributed by atoms with van der Waals surface area (Å²) in [6, 6.07) is 7.76. The van der Waals surface area contributed by atoms with Gasteiger partial charge in [-0.05, 0) is 12.1 Å². The van der Waals surface area contributed by atoms with Crippen LogP contribution in [0.15, 0.2) is 28.8 Å². The molecular formula is C13H12N4O3S. The molecule has 8 heteroatoms. The van der Waals surface area contributed by atoms with E-state index in [0.29, 0.717) is 23.9 Å². The fourth-order valence-electron chi connectivity index (χ4n) is 1.89. The van der Waals surface area contributed by atoms with Crippen LogP contribution in [-0.2, 0) is 17.0 Å².